The molecule has 0 saturated heterocycles. The highest BCUT2D eigenvalue weighted by atomic mass is 32.2. The lowest BCUT2D eigenvalue weighted by Crippen LogP contribution is -2.24. The van der Waals surface area contributed by atoms with Crippen molar-refractivity contribution < 1.29 is 9.32 Å². The van der Waals surface area contributed by atoms with Crippen LogP contribution in [0.1, 0.15) is 11.5 Å². The van der Waals surface area contributed by atoms with E-state index in [9.17, 15) is 4.79 Å². The summed E-state index contributed by atoms with van der Waals surface area (Å²) in [5, 5.41) is 6.73. The first-order chi connectivity index (χ1) is 11.7. The van der Waals surface area contributed by atoms with Gasteiger partial charge in [0.1, 0.15) is 0 Å². The van der Waals surface area contributed by atoms with Crippen LogP contribution in [0.4, 0.5) is 0 Å². The highest BCUT2D eigenvalue weighted by Gasteiger charge is 2.10. The second-order valence-electron chi connectivity index (χ2n) is 5.26. The van der Waals surface area contributed by atoms with E-state index in [1.54, 1.807) is 0 Å². The van der Waals surface area contributed by atoms with E-state index >= 15 is 0 Å². The van der Waals surface area contributed by atoms with Crippen molar-refractivity contribution in [2.75, 3.05) is 5.75 Å². The van der Waals surface area contributed by atoms with Crippen LogP contribution < -0.4 is 5.32 Å². The summed E-state index contributed by atoms with van der Waals surface area (Å²) in [5.41, 5.74) is 2.06. The third kappa shape index (κ3) is 4.45. The van der Waals surface area contributed by atoms with Crippen molar-refractivity contribution in [1.82, 2.24) is 15.5 Å². The van der Waals surface area contributed by atoms with E-state index < -0.39 is 0 Å². The molecule has 0 aliphatic carbocycles. The van der Waals surface area contributed by atoms with E-state index in [1.165, 1.54) is 17.3 Å². The summed E-state index contributed by atoms with van der Waals surface area (Å²) in [6.45, 7) is 2.25. The van der Waals surface area contributed by atoms with Crippen molar-refractivity contribution in [2.24, 2.45) is 0 Å². The van der Waals surface area contributed by atoms with Gasteiger partial charge in [0, 0.05) is 10.5 Å². The molecular weight excluding hydrogens is 322 g/mol. The van der Waals surface area contributed by atoms with Crippen molar-refractivity contribution in [3.8, 4) is 11.4 Å². The zero-order valence-electron chi connectivity index (χ0n) is 13.2. The SMILES string of the molecule is Cc1ccc(-c2noc(CNC(=O)CSc3ccccc3)n2)cc1. The first-order valence-electron chi connectivity index (χ1n) is 7.55. The van der Waals surface area contributed by atoms with Gasteiger partial charge in [0.2, 0.25) is 17.6 Å². The number of hydrogen-bond donors (Lipinski definition) is 1. The van der Waals surface area contributed by atoms with E-state index in [0.717, 1.165) is 10.5 Å². The molecule has 2 aromatic carbocycles. The fourth-order valence-corrected chi connectivity index (χ4v) is 2.79. The van der Waals surface area contributed by atoms with Gasteiger partial charge in [-0.1, -0.05) is 53.2 Å². The van der Waals surface area contributed by atoms with Crippen LogP contribution in [0.2, 0.25) is 0 Å². The number of rotatable bonds is 6. The van der Waals surface area contributed by atoms with Crippen LogP contribution in [-0.2, 0) is 11.3 Å². The molecule has 24 heavy (non-hydrogen) atoms. The summed E-state index contributed by atoms with van der Waals surface area (Å²) in [4.78, 5) is 17.2. The van der Waals surface area contributed by atoms with Crippen LogP contribution in [-0.4, -0.2) is 21.8 Å². The van der Waals surface area contributed by atoms with E-state index in [0.29, 0.717) is 17.5 Å². The van der Waals surface area contributed by atoms with Crippen LogP contribution in [0.15, 0.2) is 64.0 Å². The van der Waals surface area contributed by atoms with Gasteiger partial charge < -0.3 is 9.84 Å². The van der Waals surface area contributed by atoms with Gasteiger partial charge in [-0.25, -0.2) is 0 Å². The van der Waals surface area contributed by atoms with Crippen molar-refractivity contribution >= 4 is 17.7 Å². The van der Waals surface area contributed by atoms with Crippen molar-refractivity contribution in [1.29, 1.82) is 0 Å². The second-order valence-corrected chi connectivity index (χ2v) is 6.30. The lowest BCUT2D eigenvalue weighted by Gasteiger charge is -2.02. The number of amides is 1. The standard InChI is InChI=1S/C18H17N3O2S/c1-13-7-9-14(10-8-13)18-20-17(23-21-18)11-19-16(22)12-24-15-5-3-2-4-6-15/h2-10H,11-12H2,1H3,(H,19,22). The number of hydrogen-bond acceptors (Lipinski definition) is 5. The van der Waals surface area contributed by atoms with Crippen molar-refractivity contribution in [2.45, 2.75) is 18.4 Å². The maximum atomic E-state index is 11.9. The third-order valence-electron chi connectivity index (χ3n) is 3.33. The Labute approximate surface area is 144 Å². The van der Waals surface area contributed by atoms with Gasteiger partial charge in [-0.2, -0.15) is 4.98 Å². The highest BCUT2D eigenvalue weighted by Crippen LogP contribution is 2.17. The number of aryl methyl sites for hydroxylation is 1. The van der Waals surface area contributed by atoms with E-state index in [2.05, 4.69) is 15.5 Å². The molecule has 3 aromatic rings. The number of benzene rings is 2. The molecule has 0 atom stereocenters. The van der Waals surface area contributed by atoms with Gasteiger partial charge in [-0.05, 0) is 19.1 Å². The minimum atomic E-state index is -0.0704. The average Bonchev–Trinajstić information content (AvgIpc) is 3.09. The quantitative estimate of drug-likeness (QED) is 0.697. The van der Waals surface area contributed by atoms with Crippen LogP contribution in [0, 0.1) is 6.92 Å². The lowest BCUT2D eigenvalue weighted by atomic mass is 10.1. The number of aromatic nitrogens is 2. The maximum Gasteiger partial charge on any atom is 0.246 e. The van der Waals surface area contributed by atoms with Gasteiger partial charge in [0.05, 0.1) is 12.3 Å². The second kappa shape index (κ2) is 7.79. The molecule has 3 rings (SSSR count). The molecule has 0 fully saturated rings. The van der Waals surface area contributed by atoms with E-state index in [4.69, 9.17) is 4.52 Å². The largest absolute Gasteiger partial charge is 0.346 e. The zero-order valence-corrected chi connectivity index (χ0v) is 14.0. The molecule has 122 valence electrons. The number of nitrogens with one attached hydrogen (secondary N) is 1. The van der Waals surface area contributed by atoms with Crippen LogP contribution >= 0.6 is 11.8 Å². The Morgan fingerprint density at radius 2 is 1.88 bits per heavy atom. The fourth-order valence-electron chi connectivity index (χ4n) is 2.04. The first-order valence-corrected chi connectivity index (χ1v) is 8.53. The van der Waals surface area contributed by atoms with Gasteiger partial charge >= 0.3 is 0 Å². The van der Waals surface area contributed by atoms with Crippen molar-refractivity contribution in [3.63, 3.8) is 0 Å². The van der Waals surface area contributed by atoms with Gasteiger partial charge in [-0.3, -0.25) is 4.79 Å². The molecular formula is C18H17N3O2S. The van der Waals surface area contributed by atoms with Crippen molar-refractivity contribution in [3.05, 3.63) is 66.1 Å². The van der Waals surface area contributed by atoms with Crippen LogP contribution in [0.5, 0.6) is 0 Å². The molecule has 1 amide bonds. The Bertz CT molecular complexity index is 801. The zero-order chi connectivity index (χ0) is 16.8. The molecule has 0 spiro atoms. The Kier molecular flexibility index (Phi) is 5.28. The summed E-state index contributed by atoms with van der Waals surface area (Å²) in [6.07, 6.45) is 0. The minimum Gasteiger partial charge on any atom is -0.346 e. The van der Waals surface area contributed by atoms with Crippen LogP contribution in [0.25, 0.3) is 11.4 Å². The predicted molar refractivity (Wildman–Crippen MR) is 93.5 cm³/mol. The fraction of sp³-hybridized carbons (Fsp3) is 0.167. The molecule has 0 saturated carbocycles. The Morgan fingerprint density at radius 3 is 2.62 bits per heavy atom. The molecule has 0 radical (unpaired) electrons. The van der Waals surface area contributed by atoms with Crippen LogP contribution in [0.3, 0.4) is 0 Å². The van der Waals surface area contributed by atoms with Gasteiger partial charge in [0.25, 0.3) is 0 Å². The molecule has 1 aromatic heterocycles. The smallest absolute Gasteiger partial charge is 0.246 e. The number of thioether (sulfide) groups is 1. The summed E-state index contributed by atoms with van der Waals surface area (Å²) < 4.78 is 5.18. The molecule has 0 aliphatic heterocycles. The van der Waals surface area contributed by atoms with E-state index in [-0.39, 0.29) is 12.5 Å². The third-order valence-corrected chi connectivity index (χ3v) is 4.34. The summed E-state index contributed by atoms with van der Waals surface area (Å²) in [7, 11) is 0. The normalized spacial score (nSPS) is 10.5. The predicted octanol–water partition coefficient (Wildman–Crippen LogP) is 3.45. The minimum absolute atomic E-state index is 0.0704. The molecule has 0 bridgehead atoms. The molecule has 1 N–H and O–H groups in total. The maximum absolute atomic E-state index is 11.9. The molecule has 0 unspecified atom stereocenters. The Morgan fingerprint density at radius 1 is 1.12 bits per heavy atom. The molecule has 0 aliphatic rings. The summed E-state index contributed by atoms with van der Waals surface area (Å²) in [5.74, 6) is 1.20. The lowest BCUT2D eigenvalue weighted by molar-refractivity contribution is -0.118. The topological polar surface area (TPSA) is 68.0 Å². The monoisotopic (exact) mass is 339 g/mol. The summed E-state index contributed by atoms with van der Waals surface area (Å²) >= 11 is 1.49. The number of carbonyl (C=O) groups excluding carboxylic acids is 1. The molecule has 6 heteroatoms. The first kappa shape index (κ1) is 16.3. The van der Waals surface area contributed by atoms with Gasteiger partial charge in [0.15, 0.2) is 0 Å². The number of nitrogens with zero attached hydrogens (tertiary/aromatic N) is 2. The molecule has 1 heterocycles. The number of carbonyl (C=O) groups is 1. The van der Waals surface area contributed by atoms with E-state index in [1.807, 2.05) is 61.5 Å². The highest BCUT2D eigenvalue weighted by molar-refractivity contribution is 8.00. The summed E-state index contributed by atoms with van der Waals surface area (Å²) in [6, 6.07) is 17.7. The molecule has 5 nitrogen and oxygen atoms in total. The Hall–Kier alpha value is -2.60. The Balaban J connectivity index is 1.50. The van der Waals surface area contributed by atoms with Gasteiger partial charge in [-0.15, -0.1) is 11.8 Å². The average molecular weight is 339 g/mol.